The normalized spacial score (nSPS) is 22.2. The van der Waals surface area contributed by atoms with Crippen molar-refractivity contribution in [2.45, 2.75) is 69.4 Å². The number of rotatable bonds is 7. The summed E-state index contributed by atoms with van der Waals surface area (Å²) in [6, 6.07) is 5.45. The molecule has 39 heavy (non-hydrogen) atoms. The van der Waals surface area contributed by atoms with E-state index in [-0.39, 0.29) is 36.3 Å². The van der Waals surface area contributed by atoms with Gasteiger partial charge in [-0.3, -0.25) is 14.4 Å². The molecule has 2 aromatic rings. The molecule has 208 valence electrons. The topological polar surface area (TPSA) is 107 Å². The molecular weight excluding hydrogens is 524 g/mol. The number of halogens is 4. The average Bonchev–Trinajstić information content (AvgIpc) is 3.57. The monoisotopic (exact) mass is 550 g/mol. The van der Waals surface area contributed by atoms with Gasteiger partial charge in [-0.25, -0.2) is 4.39 Å². The van der Waals surface area contributed by atoms with Crippen molar-refractivity contribution < 1.29 is 46.9 Å². The van der Waals surface area contributed by atoms with E-state index >= 15 is 0 Å². The number of ether oxygens (including phenoxy) is 1. The number of carboxylic acid groups (broad SMARTS) is 1. The molecule has 2 aliphatic carbocycles. The van der Waals surface area contributed by atoms with Gasteiger partial charge in [-0.1, -0.05) is 6.42 Å². The minimum atomic E-state index is -4.98. The molecule has 2 N–H and O–H groups in total. The van der Waals surface area contributed by atoms with Crippen LogP contribution in [0.4, 0.5) is 23.2 Å². The Morgan fingerprint density at radius 2 is 1.77 bits per heavy atom. The fourth-order valence-electron chi connectivity index (χ4n) is 5.97. The second kappa shape index (κ2) is 10.0. The second-order valence-electron chi connectivity index (χ2n) is 10.1. The molecule has 0 radical (unpaired) electrons. The molecule has 3 atom stereocenters. The van der Waals surface area contributed by atoms with E-state index in [9.17, 15) is 37.1 Å². The fraction of sp³-hybridized carbons (Fsp3) is 0.444. The van der Waals surface area contributed by atoms with Gasteiger partial charge < -0.3 is 24.7 Å². The van der Waals surface area contributed by atoms with Crippen molar-refractivity contribution in [3.8, 4) is 11.5 Å². The van der Waals surface area contributed by atoms with Crippen LogP contribution in [-0.4, -0.2) is 51.3 Å². The minimum absolute atomic E-state index is 0.110. The van der Waals surface area contributed by atoms with Crippen LogP contribution in [0.2, 0.25) is 0 Å². The number of amides is 2. The number of hydrogen-bond acceptors (Lipinski definition) is 5. The van der Waals surface area contributed by atoms with Crippen molar-refractivity contribution in [3.05, 3.63) is 53.3 Å². The van der Waals surface area contributed by atoms with Gasteiger partial charge in [-0.2, -0.15) is 0 Å². The standard InChI is InChI=1S/C27H26F4N2O6/c28-14-4-9-21-19(12-14)25(32(15-5-6-15)23(35)10-11-24(36)37)17-2-1-3-20(17)33(21)26(38)18-8-7-16(13-22(18)34)39-27(29,30)31/h4,7-9,12-13,15,17,20,25,34H,1-3,5-6,10-11H2,(H,36,37). The van der Waals surface area contributed by atoms with Crippen molar-refractivity contribution in [1.29, 1.82) is 0 Å². The van der Waals surface area contributed by atoms with Gasteiger partial charge in [0.05, 0.1) is 18.0 Å². The average molecular weight is 551 g/mol. The molecule has 1 aliphatic heterocycles. The van der Waals surface area contributed by atoms with E-state index in [1.165, 1.54) is 23.1 Å². The number of carbonyl (C=O) groups is 3. The maximum absolute atomic E-state index is 14.6. The molecule has 0 spiro atoms. The maximum atomic E-state index is 14.6. The van der Waals surface area contributed by atoms with Gasteiger partial charge >= 0.3 is 12.3 Å². The van der Waals surface area contributed by atoms with E-state index in [4.69, 9.17) is 5.11 Å². The van der Waals surface area contributed by atoms with Crippen LogP contribution in [0.15, 0.2) is 36.4 Å². The molecule has 2 amide bonds. The molecule has 5 rings (SSSR count). The first-order valence-electron chi connectivity index (χ1n) is 12.7. The summed E-state index contributed by atoms with van der Waals surface area (Å²) in [5, 5.41) is 19.6. The smallest absolute Gasteiger partial charge is 0.507 e. The highest BCUT2D eigenvalue weighted by Crippen LogP contribution is 2.53. The van der Waals surface area contributed by atoms with Gasteiger partial charge in [0.25, 0.3) is 5.91 Å². The van der Waals surface area contributed by atoms with E-state index < -0.39 is 47.6 Å². The first kappa shape index (κ1) is 26.8. The Hall–Kier alpha value is -3.83. The molecule has 8 nitrogen and oxygen atoms in total. The van der Waals surface area contributed by atoms with Gasteiger partial charge in [-0.05, 0) is 56.0 Å². The van der Waals surface area contributed by atoms with Crippen LogP contribution >= 0.6 is 0 Å². The van der Waals surface area contributed by atoms with Gasteiger partial charge in [0, 0.05) is 41.7 Å². The number of carbonyl (C=O) groups excluding carboxylic acids is 2. The Balaban J connectivity index is 1.55. The molecule has 3 unspecified atom stereocenters. The highest BCUT2D eigenvalue weighted by molar-refractivity contribution is 6.09. The quantitative estimate of drug-likeness (QED) is 0.462. The van der Waals surface area contributed by atoms with Crippen LogP contribution in [0.1, 0.15) is 66.9 Å². The van der Waals surface area contributed by atoms with Crippen molar-refractivity contribution in [2.24, 2.45) is 5.92 Å². The predicted molar refractivity (Wildman–Crippen MR) is 129 cm³/mol. The minimum Gasteiger partial charge on any atom is -0.507 e. The molecule has 12 heteroatoms. The highest BCUT2D eigenvalue weighted by atomic mass is 19.4. The summed E-state index contributed by atoms with van der Waals surface area (Å²) in [6.45, 7) is 0. The van der Waals surface area contributed by atoms with Crippen LogP contribution in [-0.2, 0) is 9.59 Å². The van der Waals surface area contributed by atoms with Gasteiger partial charge in [-0.15, -0.1) is 13.2 Å². The molecule has 0 bridgehead atoms. The third kappa shape index (κ3) is 5.37. The lowest BCUT2D eigenvalue weighted by Crippen LogP contribution is -2.53. The summed E-state index contributed by atoms with van der Waals surface area (Å²) in [5.74, 6) is -4.37. The van der Waals surface area contributed by atoms with E-state index in [0.717, 1.165) is 25.0 Å². The third-order valence-corrected chi connectivity index (χ3v) is 7.57. The first-order chi connectivity index (χ1) is 18.4. The number of alkyl halides is 3. The van der Waals surface area contributed by atoms with Crippen LogP contribution in [0.5, 0.6) is 11.5 Å². The Morgan fingerprint density at radius 1 is 1.03 bits per heavy atom. The number of hydrogen-bond donors (Lipinski definition) is 2. The largest absolute Gasteiger partial charge is 0.573 e. The molecule has 1 heterocycles. The molecule has 2 saturated carbocycles. The van der Waals surface area contributed by atoms with Gasteiger partial charge in [0.15, 0.2) is 0 Å². The number of aliphatic carboxylic acids is 1. The molecule has 2 aromatic carbocycles. The van der Waals surface area contributed by atoms with Crippen molar-refractivity contribution in [2.75, 3.05) is 4.90 Å². The molecule has 2 fully saturated rings. The van der Waals surface area contributed by atoms with Crippen molar-refractivity contribution in [1.82, 2.24) is 4.90 Å². The SMILES string of the molecule is O=C(O)CCC(=O)N(C1CC1)C1c2cc(F)ccc2N(C(=O)c2ccc(OC(F)(F)F)cc2O)C2CCCC21. The summed E-state index contributed by atoms with van der Waals surface area (Å²) < 4.78 is 56.3. The Labute approximate surface area is 220 Å². The second-order valence-corrected chi connectivity index (χ2v) is 10.1. The highest BCUT2D eigenvalue weighted by Gasteiger charge is 2.51. The summed E-state index contributed by atoms with van der Waals surface area (Å²) in [5.41, 5.74) is 0.486. The summed E-state index contributed by atoms with van der Waals surface area (Å²) >= 11 is 0. The number of fused-ring (bicyclic) bond motifs is 2. The van der Waals surface area contributed by atoms with Crippen LogP contribution in [0, 0.1) is 11.7 Å². The lowest BCUT2D eigenvalue weighted by Gasteiger charge is -2.48. The van der Waals surface area contributed by atoms with Gasteiger partial charge in [0.2, 0.25) is 5.91 Å². The Kier molecular flexibility index (Phi) is 6.90. The summed E-state index contributed by atoms with van der Waals surface area (Å²) in [6.07, 6.45) is -2.16. The lowest BCUT2D eigenvalue weighted by atomic mass is 9.81. The van der Waals surface area contributed by atoms with E-state index in [1.807, 2.05) is 0 Å². The first-order valence-corrected chi connectivity index (χ1v) is 12.7. The summed E-state index contributed by atoms with van der Waals surface area (Å²) in [4.78, 5) is 41.3. The number of nitrogens with zero attached hydrogens (tertiary/aromatic N) is 2. The molecule has 0 saturated heterocycles. The Morgan fingerprint density at radius 3 is 2.41 bits per heavy atom. The van der Waals surface area contributed by atoms with Crippen LogP contribution in [0.25, 0.3) is 0 Å². The summed E-state index contributed by atoms with van der Waals surface area (Å²) in [7, 11) is 0. The van der Waals surface area contributed by atoms with Crippen molar-refractivity contribution >= 4 is 23.5 Å². The van der Waals surface area contributed by atoms with E-state index in [1.54, 1.807) is 4.90 Å². The van der Waals surface area contributed by atoms with Crippen molar-refractivity contribution in [3.63, 3.8) is 0 Å². The zero-order valence-electron chi connectivity index (χ0n) is 20.7. The van der Waals surface area contributed by atoms with E-state index in [0.29, 0.717) is 36.6 Å². The zero-order chi connectivity index (χ0) is 28.1. The number of benzene rings is 2. The fourth-order valence-corrected chi connectivity index (χ4v) is 5.97. The number of phenolic OH excluding ortho intramolecular Hbond substituents is 1. The van der Waals surface area contributed by atoms with Crippen LogP contribution in [0.3, 0.4) is 0 Å². The number of anilines is 1. The third-order valence-electron chi connectivity index (χ3n) is 7.57. The number of phenols is 1. The Bertz CT molecular complexity index is 1310. The number of aromatic hydroxyl groups is 1. The van der Waals surface area contributed by atoms with E-state index in [2.05, 4.69) is 4.74 Å². The zero-order valence-corrected chi connectivity index (χ0v) is 20.7. The predicted octanol–water partition coefficient (Wildman–Crippen LogP) is 5.16. The lowest BCUT2D eigenvalue weighted by molar-refractivity contribution is -0.274. The molecule has 3 aliphatic rings. The molecular formula is C27H26F4N2O6. The van der Waals surface area contributed by atoms with Crippen LogP contribution < -0.4 is 9.64 Å². The maximum Gasteiger partial charge on any atom is 0.573 e. The molecule has 0 aromatic heterocycles. The number of carboxylic acids is 1. The van der Waals surface area contributed by atoms with Gasteiger partial charge in [0.1, 0.15) is 17.3 Å².